The Bertz CT molecular complexity index is 1000. The Labute approximate surface area is 177 Å². The van der Waals surface area contributed by atoms with E-state index in [1.54, 1.807) is 0 Å². The summed E-state index contributed by atoms with van der Waals surface area (Å²) in [5.74, 6) is 3.46. The van der Waals surface area contributed by atoms with Gasteiger partial charge in [-0.1, -0.05) is 13.3 Å². The van der Waals surface area contributed by atoms with Crippen molar-refractivity contribution in [2.24, 2.45) is 17.3 Å². The van der Waals surface area contributed by atoms with Crippen LogP contribution in [0.4, 0.5) is 0 Å². The molecule has 2 aliphatic carbocycles. The molecule has 2 aromatic rings. The van der Waals surface area contributed by atoms with E-state index in [0.29, 0.717) is 11.3 Å². The first kappa shape index (κ1) is 18.1. The molecule has 5 aliphatic rings. The smallest absolute Gasteiger partial charge is 0.200 e. The molecule has 5 heteroatoms. The first-order valence-electron chi connectivity index (χ1n) is 12.0. The van der Waals surface area contributed by atoms with Crippen LogP contribution in [0.5, 0.6) is 5.75 Å². The van der Waals surface area contributed by atoms with Gasteiger partial charge in [-0.15, -0.1) is 0 Å². The van der Waals surface area contributed by atoms with Crippen LogP contribution in [-0.4, -0.2) is 53.1 Å². The molecular weight excluding hydrogens is 376 g/mol. The second-order valence-corrected chi connectivity index (χ2v) is 10.4. The molecular formula is C25H32N2O3. The Morgan fingerprint density at radius 3 is 3.07 bits per heavy atom. The second-order valence-electron chi connectivity index (χ2n) is 10.4. The van der Waals surface area contributed by atoms with Gasteiger partial charge in [-0.3, -0.25) is 4.90 Å². The molecule has 1 aromatic heterocycles. The summed E-state index contributed by atoms with van der Waals surface area (Å²) in [6.45, 7) is 5.01. The lowest BCUT2D eigenvalue weighted by Gasteiger charge is -2.67. The maximum absolute atomic E-state index is 9.31. The Morgan fingerprint density at radius 1 is 1.30 bits per heavy atom. The van der Waals surface area contributed by atoms with Crippen LogP contribution in [0, 0.1) is 17.3 Å². The van der Waals surface area contributed by atoms with Gasteiger partial charge in [0.2, 0.25) is 0 Å². The third-order valence-electron chi connectivity index (χ3n) is 9.39. The number of aromatic nitrogens is 1. The highest BCUT2D eigenvalue weighted by atomic mass is 16.7. The summed E-state index contributed by atoms with van der Waals surface area (Å²) in [6.07, 6.45) is 6.71. The molecule has 2 saturated heterocycles. The standard InChI is InChI=1S/C25H32N2O3/c1-2-14-9-15-10-20-23-18(7-8-27-13-25(14,15)24(20)27)19-11-16(3-5-21(19)26-23)29-22-6-4-17(12-28)30-22/h3,5,11,14-15,17,20,22,24,26,28H,2,4,6-10,12-13H2,1H3. The van der Waals surface area contributed by atoms with Crippen LogP contribution in [0.15, 0.2) is 18.2 Å². The lowest BCUT2D eigenvalue weighted by Crippen LogP contribution is -2.72. The third kappa shape index (κ3) is 2.19. The number of H-pyrrole nitrogens is 1. The number of aliphatic hydroxyl groups is 1. The lowest BCUT2D eigenvalue weighted by atomic mass is 9.48. The highest BCUT2D eigenvalue weighted by Crippen LogP contribution is 2.72. The Morgan fingerprint density at radius 2 is 2.23 bits per heavy atom. The zero-order valence-corrected chi connectivity index (χ0v) is 17.8. The minimum Gasteiger partial charge on any atom is -0.465 e. The van der Waals surface area contributed by atoms with Crippen molar-refractivity contribution in [3.63, 3.8) is 0 Å². The van der Waals surface area contributed by atoms with Crippen molar-refractivity contribution in [3.8, 4) is 5.75 Å². The number of nitrogens with one attached hydrogen (secondary N) is 1. The molecule has 3 aliphatic heterocycles. The highest BCUT2D eigenvalue weighted by molar-refractivity contribution is 5.86. The Balaban J connectivity index is 1.22. The molecule has 0 radical (unpaired) electrons. The third-order valence-corrected chi connectivity index (χ3v) is 9.39. The fourth-order valence-corrected chi connectivity index (χ4v) is 8.10. The van der Waals surface area contributed by atoms with Gasteiger partial charge in [0.25, 0.3) is 0 Å². The molecule has 0 bridgehead atoms. The second kappa shape index (κ2) is 6.24. The van der Waals surface area contributed by atoms with Gasteiger partial charge in [0.15, 0.2) is 6.29 Å². The molecule has 4 heterocycles. The monoisotopic (exact) mass is 408 g/mol. The predicted octanol–water partition coefficient (Wildman–Crippen LogP) is 3.80. The average molecular weight is 409 g/mol. The zero-order chi connectivity index (χ0) is 20.0. The number of aliphatic hydroxyl groups excluding tert-OH is 1. The van der Waals surface area contributed by atoms with E-state index in [4.69, 9.17) is 9.47 Å². The number of ether oxygens (including phenoxy) is 2. The van der Waals surface area contributed by atoms with Gasteiger partial charge >= 0.3 is 0 Å². The summed E-state index contributed by atoms with van der Waals surface area (Å²) in [5.41, 5.74) is 4.94. The number of rotatable bonds is 4. The van der Waals surface area contributed by atoms with Crippen LogP contribution in [-0.2, 0) is 11.2 Å². The molecule has 5 nitrogen and oxygen atoms in total. The minimum atomic E-state index is -0.240. The molecule has 4 fully saturated rings. The zero-order valence-electron chi connectivity index (χ0n) is 17.8. The van der Waals surface area contributed by atoms with E-state index in [9.17, 15) is 5.11 Å². The van der Waals surface area contributed by atoms with Gasteiger partial charge in [-0.25, -0.2) is 0 Å². The maximum Gasteiger partial charge on any atom is 0.200 e. The number of fused-ring (bicyclic) bond motifs is 4. The van der Waals surface area contributed by atoms with E-state index >= 15 is 0 Å². The molecule has 30 heavy (non-hydrogen) atoms. The number of benzene rings is 1. The molecule has 160 valence electrons. The van der Waals surface area contributed by atoms with Crippen LogP contribution in [0.1, 0.15) is 56.2 Å². The first-order chi connectivity index (χ1) is 14.7. The van der Waals surface area contributed by atoms with Crippen molar-refractivity contribution in [3.05, 3.63) is 29.5 Å². The van der Waals surface area contributed by atoms with Gasteiger partial charge in [-0.05, 0) is 61.3 Å². The van der Waals surface area contributed by atoms with Gasteiger partial charge in [0.05, 0.1) is 12.7 Å². The van der Waals surface area contributed by atoms with Crippen molar-refractivity contribution in [1.82, 2.24) is 9.88 Å². The Hall–Kier alpha value is -1.56. The average Bonchev–Trinajstić information content (AvgIpc) is 3.35. The SMILES string of the molecule is CCC1CC2CC3c4[nH]c5ccc(OC6CCC(CO)O6)cc5c4CCN4CC12C34. The molecule has 1 aromatic carbocycles. The van der Waals surface area contributed by atoms with E-state index in [0.717, 1.165) is 42.9 Å². The van der Waals surface area contributed by atoms with E-state index in [1.807, 2.05) is 0 Å². The molecule has 7 rings (SSSR count). The van der Waals surface area contributed by atoms with Crippen molar-refractivity contribution in [1.29, 1.82) is 0 Å². The number of nitrogens with zero attached hydrogens (tertiary/aromatic N) is 1. The summed E-state index contributed by atoms with van der Waals surface area (Å²) in [4.78, 5) is 6.66. The number of aromatic amines is 1. The van der Waals surface area contributed by atoms with Crippen LogP contribution in [0.3, 0.4) is 0 Å². The minimum absolute atomic E-state index is 0.0741. The number of hydrogen-bond donors (Lipinski definition) is 2. The van der Waals surface area contributed by atoms with Crippen molar-refractivity contribution in [2.45, 2.75) is 69.8 Å². The molecule has 7 unspecified atom stereocenters. The molecule has 1 spiro atoms. The lowest BCUT2D eigenvalue weighted by molar-refractivity contribution is -0.181. The van der Waals surface area contributed by atoms with E-state index in [2.05, 4.69) is 35.0 Å². The summed E-state index contributed by atoms with van der Waals surface area (Å²) in [5, 5.41) is 10.6. The largest absolute Gasteiger partial charge is 0.465 e. The van der Waals surface area contributed by atoms with E-state index in [1.165, 1.54) is 54.5 Å². The fraction of sp³-hybridized carbons (Fsp3) is 0.680. The molecule has 7 atom stereocenters. The summed E-state index contributed by atoms with van der Waals surface area (Å²) in [7, 11) is 0. The first-order valence-corrected chi connectivity index (χ1v) is 12.0. The van der Waals surface area contributed by atoms with Gasteiger partial charge in [0, 0.05) is 53.5 Å². The summed E-state index contributed by atoms with van der Waals surface area (Å²) < 4.78 is 11.9. The van der Waals surface area contributed by atoms with Crippen LogP contribution in [0.25, 0.3) is 10.9 Å². The molecule has 0 amide bonds. The van der Waals surface area contributed by atoms with Crippen molar-refractivity contribution >= 4 is 10.9 Å². The van der Waals surface area contributed by atoms with Crippen LogP contribution < -0.4 is 4.74 Å². The molecule has 2 saturated carbocycles. The van der Waals surface area contributed by atoms with Gasteiger partial charge in [-0.2, -0.15) is 0 Å². The highest BCUT2D eigenvalue weighted by Gasteiger charge is 2.72. The van der Waals surface area contributed by atoms with Crippen molar-refractivity contribution in [2.75, 3.05) is 19.7 Å². The topological polar surface area (TPSA) is 57.7 Å². The normalized spacial score (nSPS) is 41.5. The Kier molecular flexibility index (Phi) is 3.76. The quantitative estimate of drug-likeness (QED) is 0.808. The predicted molar refractivity (Wildman–Crippen MR) is 115 cm³/mol. The van der Waals surface area contributed by atoms with Crippen molar-refractivity contribution < 1.29 is 14.6 Å². The van der Waals surface area contributed by atoms with Crippen LogP contribution in [0.2, 0.25) is 0 Å². The van der Waals surface area contributed by atoms with Gasteiger partial charge < -0.3 is 19.6 Å². The summed E-state index contributed by atoms with van der Waals surface area (Å²) >= 11 is 0. The van der Waals surface area contributed by atoms with E-state index in [-0.39, 0.29) is 19.0 Å². The molecule has 2 N–H and O–H groups in total. The van der Waals surface area contributed by atoms with E-state index < -0.39 is 0 Å². The van der Waals surface area contributed by atoms with Gasteiger partial charge in [0.1, 0.15) is 5.75 Å². The van der Waals surface area contributed by atoms with Crippen LogP contribution >= 0.6 is 0 Å². The fourth-order valence-electron chi connectivity index (χ4n) is 8.10. The number of hydrogen-bond acceptors (Lipinski definition) is 4. The maximum atomic E-state index is 9.31. The summed E-state index contributed by atoms with van der Waals surface area (Å²) in [6, 6.07) is 7.24.